The first kappa shape index (κ1) is 15.8. The van der Waals surface area contributed by atoms with Crippen LogP contribution in [0.3, 0.4) is 0 Å². The minimum absolute atomic E-state index is 0.431. The summed E-state index contributed by atoms with van der Waals surface area (Å²) in [6.07, 6.45) is 6.16. The van der Waals surface area contributed by atoms with Crippen LogP contribution in [0.4, 0.5) is 0 Å². The van der Waals surface area contributed by atoms with Crippen LogP contribution >= 0.6 is 11.6 Å². The minimum atomic E-state index is 0.431. The minimum Gasteiger partial charge on any atom is -0.381 e. The first-order valence-corrected chi connectivity index (χ1v) is 8.24. The van der Waals surface area contributed by atoms with Gasteiger partial charge < -0.3 is 10.1 Å². The number of nitrogens with one attached hydrogen (secondary N) is 1. The fourth-order valence-electron chi connectivity index (χ4n) is 2.36. The van der Waals surface area contributed by atoms with E-state index in [2.05, 4.69) is 24.4 Å². The molecule has 0 amide bonds. The summed E-state index contributed by atoms with van der Waals surface area (Å²) in [5, 5.41) is 4.44. The van der Waals surface area contributed by atoms with Crippen LogP contribution in [0.2, 0.25) is 5.02 Å². The highest BCUT2D eigenvalue weighted by molar-refractivity contribution is 6.30. The molecule has 0 saturated heterocycles. The molecular formula is C17H26ClNO. The molecule has 0 radical (unpaired) electrons. The van der Waals surface area contributed by atoms with Gasteiger partial charge in [0.25, 0.3) is 0 Å². The number of benzene rings is 1. The molecule has 1 aliphatic carbocycles. The quantitative estimate of drug-likeness (QED) is 0.638. The molecule has 0 bridgehead atoms. The van der Waals surface area contributed by atoms with Crippen molar-refractivity contribution in [2.75, 3.05) is 19.8 Å². The third kappa shape index (κ3) is 5.82. The van der Waals surface area contributed by atoms with Gasteiger partial charge in [0.05, 0.1) is 0 Å². The van der Waals surface area contributed by atoms with Gasteiger partial charge in [-0.2, -0.15) is 0 Å². The van der Waals surface area contributed by atoms with Crippen LogP contribution in [0.25, 0.3) is 0 Å². The Morgan fingerprint density at radius 2 is 2.05 bits per heavy atom. The molecule has 112 valence electrons. The number of hydrogen-bond acceptors (Lipinski definition) is 2. The van der Waals surface area contributed by atoms with Gasteiger partial charge in [0.1, 0.15) is 0 Å². The van der Waals surface area contributed by atoms with Crippen molar-refractivity contribution in [2.45, 2.75) is 45.1 Å². The molecule has 0 aromatic heterocycles. The molecule has 0 aliphatic heterocycles. The largest absolute Gasteiger partial charge is 0.381 e. The second-order valence-electron chi connectivity index (χ2n) is 5.72. The maximum absolute atomic E-state index is 5.95. The Morgan fingerprint density at radius 1 is 1.30 bits per heavy atom. The summed E-state index contributed by atoms with van der Waals surface area (Å²) in [7, 11) is 0. The highest BCUT2D eigenvalue weighted by atomic mass is 35.5. The third-order valence-corrected chi connectivity index (χ3v) is 4.01. The number of ether oxygens (including phenoxy) is 1. The Labute approximate surface area is 127 Å². The van der Waals surface area contributed by atoms with Gasteiger partial charge in [0, 0.05) is 24.3 Å². The van der Waals surface area contributed by atoms with Gasteiger partial charge in [-0.25, -0.2) is 0 Å². The van der Waals surface area contributed by atoms with Crippen LogP contribution in [0.15, 0.2) is 24.3 Å². The molecule has 1 N–H and O–H groups in total. The van der Waals surface area contributed by atoms with Gasteiger partial charge in [-0.15, -0.1) is 0 Å². The van der Waals surface area contributed by atoms with Crippen LogP contribution in [0.5, 0.6) is 0 Å². The van der Waals surface area contributed by atoms with Gasteiger partial charge in [-0.3, -0.25) is 0 Å². The molecule has 3 heteroatoms. The second kappa shape index (κ2) is 8.66. The second-order valence-corrected chi connectivity index (χ2v) is 6.16. The Balaban J connectivity index is 1.66. The predicted molar refractivity (Wildman–Crippen MR) is 85.3 cm³/mol. The lowest BCUT2D eigenvalue weighted by atomic mass is 10.0. The van der Waals surface area contributed by atoms with Crippen molar-refractivity contribution in [3.8, 4) is 0 Å². The van der Waals surface area contributed by atoms with Crippen molar-refractivity contribution >= 4 is 11.6 Å². The molecular weight excluding hydrogens is 270 g/mol. The normalized spacial score (nSPS) is 16.3. The Bertz CT molecular complexity index is 375. The maximum Gasteiger partial charge on any atom is 0.0494 e. The van der Waals surface area contributed by atoms with E-state index in [1.165, 1.54) is 24.8 Å². The number of rotatable bonds is 10. The van der Waals surface area contributed by atoms with Gasteiger partial charge in [0.15, 0.2) is 0 Å². The molecule has 1 aromatic carbocycles. The van der Waals surface area contributed by atoms with Crippen molar-refractivity contribution < 1.29 is 4.74 Å². The molecule has 1 fully saturated rings. The summed E-state index contributed by atoms with van der Waals surface area (Å²) in [4.78, 5) is 0. The zero-order valence-corrected chi connectivity index (χ0v) is 13.2. The van der Waals surface area contributed by atoms with Crippen LogP contribution in [-0.2, 0) is 4.74 Å². The number of hydrogen-bond donors (Lipinski definition) is 1. The monoisotopic (exact) mass is 295 g/mol. The summed E-state index contributed by atoms with van der Waals surface area (Å²) >= 11 is 5.95. The third-order valence-electron chi connectivity index (χ3n) is 3.76. The Hall–Kier alpha value is -0.570. The summed E-state index contributed by atoms with van der Waals surface area (Å²) in [5.74, 6) is 0.866. The lowest BCUT2D eigenvalue weighted by molar-refractivity contribution is 0.121. The summed E-state index contributed by atoms with van der Waals surface area (Å²) in [6, 6.07) is 8.62. The standard InChI is InChI=1S/C17H26ClNO/c1-2-4-17(15-7-9-16(18)10-8-15)19-11-3-12-20-13-14-5-6-14/h7-10,14,17,19H,2-6,11-13H2,1H3. The lowest BCUT2D eigenvalue weighted by Gasteiger charge is -2.18. The average molecular weight is 296 g/mol. The van der Waals surface area contributed by atoms with Crippen molar-refractivity contribution in [1.82, 2.24) is 5.32 Å². The fraction of sp³-hybridized carbons (Fsp3) is 0.647. The molecule has 1 unspecified atom stereocenters. The molecule has 0 spiro atoms. The summed E-state index contributed by atoms with van der Waals surface area (Å²) in [5.41, 5.74) is 1.33. The van der Waals surface area contributed by atoms with Gasteiger partial charge in [-0.1, -0.05) is 37.1 Å². The SMILES string of the molecule is CCCC(NCCCOCC1CC1)c1ccc(Cl)cc1. The van der Waals surface area contributed by atoms with Crippen LogP contribution in [-0.4, -0.2) is 19.8 Å². The zero-order valence-electron chi connectivity index (χ0n) is 12.4. The van der Waals surface area contributed by atoms with Crippen molar-refractivity contribution in [2.24, 2.45) is 5.92 Å². The maximum atomic E-state index is 5.95. The van der Waals surface area contributed by atoms with E-state index in [0.29, 0.717) is 6.04 Å². The van der Waals surface area contributed by atoms with Crippen molar-refractivity contribution in [1.29, 1.82) is 0 Å². The van der Waals surface area contributed by atoms with E-state index in [-0.39, 0.29) is 0 Å². The molecule has 0 heterocycles. The van der Waals surface area contributed by atoms with Crippen LogP contribution in [0.1, 0.15) is 50.6 Å². The lowest BCUT2D eigenvalue weighted by Crippen LogP contribution is -2.23. The van der Waals surface area contributed by atoms with E-state index in [9.17, 15) is 0 Å². The van der Waals surface area contributed by atoms with Crippen molar-refractivity contribution in [3.63, 3.8) is 0 Å². The fourth-order valence-corrected chi connectivity index (χ4v) is 2.48. The van der Waals surface area contributed by atoms with Gasteiger partial charge in [0.2, 0.25) is 0 Å². The first-order valence-electron chi connectivity index (χ1n) is 7.86. The highest BCUT2D eigenvalue weighted by Gasteiger charge is 2.20. The molecule has 1 atom stereocenters. The van der Waals surface area contributed by atoms with Gasteiger partial charge in [-0.05, 0) is 55.8 Å². The Morgan fingerprint density at radius 3 is 2.70 bits per heavy atom. The van der Waals surface area contributed by atoms with E-state index >= 15 is 0 Å². The molecule has 1 aromatic rings. The van der Waals surface area contributed by atoms with Crippen molar-refractivity contribution in [3.05, 3.63) is 34.9 Å². The van der Waals surface area contributed by atoms with Gasteiger partial charge >= 0.3 is 0 Å². The molecule has 1 saturated carbocycles. The average Bonchev–Trinajstić information content (AvgIpc) is 3.26. The van der Waals surface area contributed by atoms with Crippen LogP contribution in [0, 0.1) is 5.92 Å². The smallest absolute Gasteiger partial charge is 0.0494 e. The molecule has 2 rings (SSSR count). The van der Waals surface area contributed by atoms with E-state index in [0.717, 1.165) is 43.5 Å². The molecule has 20 heavy (non-hydrogen) atoms. The van der Waals surface area contributed by atoms with E-state index < -0.39 is 0 Å². The van der Waals surface area contributed by atoms with E-state index in [1.54, 1.807) is 0 Å². The molecule has 1 aliphatic rings. The van der Waals surface area contributed by atoms with E-state index in [1.807, 2.05) is 12.1 Å². The number of halogens is 1. The Kier molecular flexibility index (Phi) is 6.85. The first-order chi connectivity index (χ1) is 9.79. The summed E-state index contributed by atoms with van der Waals surface area (Å²) in [6.45, 7) is 5.08. The van der Waals surface area contributed by atoms with Crippen LogP contribution < -0.4 is 5.32 Å². The topological polar surface area (TPSA) is 21.3 Å². The summed E-state index contributed by atoms with van der Waals surface area (Å²) < 4.78 is 5.66. The predicted octanol–water partition coefficient (Wildman–Crippen LogP) is 4.59. The van der Waals surface area contributed by atoms with E-state index in [4.69, 9.17) is 16.3 Å². The zero-order chi connectivity index (χ0) is 14.2. The highest BCUT2D eigenvalue weighted by Crippen LogP contribution is 2.28. The molecule has 2 nitrogen and oxygen atoms in total.